The van der Waals surface area contributed by atoms with E-state index in [1.807, 2.05) is 18.7 Å². The van der Waals surface area contributed by atoms with Crippen molar-refractivity contribution >= 4 is 17.6 Å². The van der Waals surface area contributed by atoms with Crippen molar-refractivity contribution in [3.63, 3.8) is 0 Å². The lowest BCUT2D eigenvalue weighted by Gasteiger charge is -2.48. The molecule has 1 spiro atoms. The Kier molecular flexibility index (Phi) is 4.97. The first-order valence-corrected chi connectivity index (χ1v) is 9.00. The van der Waals surface area contributed by atoms with Crippen LogP contribution in [0, 0.1) is 11.2 Å². The lowest BCUT2D eigenvalue weighted by atomic mass is 9.72. The van der Waals surface area contributed by atoms with Crippen molar-refractivity contribution in [1.29, 1.82) is 0 Å². The highest BCUT2D eigenvalue weighted by atomic mass is 19.1. The summed E-state index contributed by atoms with van der Waals surface area (Å²) in [6, 6.07) is 6.15. The van der Waals surface area contributed by atoms with Crippen molar-refractivity contribution in [1.82, 2.24) is 9.80 Å². The molecule has 3 amide bonds. The van der Waals surface area contributed by atoms with Crippen LogP contribution >= 0.6 is 0 Å². The van der Waals surface area contributed by atoms with Gasteiger partial charge in [0.25, 0.3) is 0 Å². The van der Waals surface area contributed by atoms with E-state index in [9.17, 15) is 14.0 Å². The van der Waals surface area contributed by atoms with Gasteiger partial charge in [0.1, 0.15) is 5.82 Å². The molecule has 2 aliphatic rings. The minimum Gasteiger partial charge on any atom is -0.340 e. The van der Waals surface area contributed by atoms with Gasteiger partial charge < -0.3 is 15.1 Å². The Labute approximate surface area is 148 Å². The summed E-state index contributed by atoms with van der Waals surface area (Å²) in [5.74, 6) is -0.192. The summed E-state index contributed by atoms with van der Waals surface area (Å²) in [5, 5.41) is 2.65. The number of halogens is 1. The molecule has 2 heterocycles. The standard InChI is InChI=1S/C19H26FN3O2/c1-14(2)23-13-19(8-7-17(23)24)9-11-22(12-10-19)18(25)21-16-6-4-3-5-15(16)20/h3-6,14H,7-13H2,1-2H3,(H,21,25). The SMILES string of the molecule is CC(C)N1CC2(CCC1=O)CCN(C(=O)Nc1ccccc1F)CC2. The predicted molar refractivity (Wildman–Crippen MR) is 94.7 cm³/mol. The highest BCUT2D eigenvalue weighted by molar-refractivity contribution is 5.89. The molecule has 0 aromatic heterocycles. The third kappa shape index (κ3) is 3.78. The quantitative estimate of drug-likeness (QED) is 0.891. The van der Waals surface area contributed by atoms with E-state index < -0.39 is 5.82 Å². The van der Waals surface area contributed by atoms with Crippen molar-refractivity contribution in [2.75, 3.05) is 25.0 Å². The largest absolute Gasteiger partial charge is 0.340 e. The summed E-state index contributed by atoms with van der Waals surface area (Å²) < 4.78 is 13.7. The lowest BCUT2D eigenvalue weighted by Crippen LogP contribution is -2.54. The molecule has 0 saturated carbocycles. The van der Waals surface area contributed by atoms with Crippen LogP contribution in [0.4, 0.5) is 14.9 Å². The topological polar surface area (TPSA) is 52.7 Å². The highest BCUT2D eigenvalue weighted by Gasteiger charge is 2.42. The van der Waals surface area contributed by atoms with Gasteiger partial charge in [0.2, 0.25) is 5.91 Å². The van der Waals surface area contributed by atoms with Crippen LogP contribution in [0.25, 0.3) is 0 Å². The smallest absolute Gasteiger partial charge is 0.321 e. The fourth-order valence-corrected chi connectivity index (χ4v) is 3.86. The molecule has 2 fully saturated rings. The molecule has 2 aliphatic heterocycles. The molecule has 0 unspecified atom stereocenters. The molecular formula is C19H26FN3O2. The highest BCUT2D eigenvalue weighted by Crippen LogP contribution is 2.40. The van der Waals surface area contributed by atoms with Gasteiger partial charge in [-0.3, -0.25) is 4.79 Å². The average Bonchev–Trinajstić information content (AvgIpc) is 2.60. The van der Waals surface area contributed by atoms with Crippen LogP contribution in [-0.4, -0.2) is 47.4 Å². The van der Waals surface area contributed by atoms with Crippen LogP contribution in [0.5, 0.6) is 0 Å². The number of para-hydroxylation sites is 1. The normalized spacial score (nSPS) is 20.2. The number of piperidine rings is 2. The van der Waals surface area contributed by atoms with E-state index in [2.05, 4.69) is 5.32 Å². The fraction of sp³-hybridized carbons (Fsp3) is 0.579. The molecule has 6 heteroatoms. The predicted octanol–water partition coefficient (Wildman–Crippen LogP) is 3.47. The van der Waals surface area contributed by atoms with Crippen molar-refractivity contribution in [3.05, 3.63) is 30.1 Å². The zero-order chi connectivity index (χ0) is 18.0. The molecule has 25 heavy (non-hydrogen) atoms. The van der Waals surface area contributed by atoms with E-state index >= 15 is 0 Å². The molecule has 136 valence electrons. The number of hydrogen-bond donors (Lipinski definition) is 1. The van der Waals surface area contributed by atoms with Gasteiger partial charge in [-0.05, 0) is 50.7 Å². The molecule has 0 aliphatic carbocycles. The van der Waals surface area contributed by atoms with E-state index in [1.165, 1.54) is 6.07 Å². The molecule has 0 bridgehead atoms. The van der Waals surface area contributed by atoms with Gasteiger partial charge in [0.15, 0.2) is 0 Å². The van der Waals surface area contributed by atoms with Crippen LogP contribution < -0.4 is 5.32 Å². The van der Waals surface area contributed by atoms with Crippen LogP contribution in [0.1, 0.15) is 39.5 Å². The first-order valence-electron chi connectivity index (χ1n) is 9.00. The van der Waals surface area contributed by atoms with Crippen molar-refractivity contribution in [3.8, 4) is 0 Å². The number of urea groups is 1. The zero-order valence-electron chi connectivity index (χ0n) is 14.9. The minimum absolute atomic E-state index is 0.118. The first-order chi connectivity index (χ1) is 11.9. The van der Waals surface area contributed by atoms with Crippen molar-refractivity contribution in [2.24, 2.45) is 5.41 Å². The minimum atomic E-state index is -0.428. The Morgan fingerprint density at radius 1 is 1.20 bits per heavy atom. The van der Waals surface area contributed by atoms with E-state index in [0.717, 1.165) is 25.8 Å². The van der Waals surface area contributed by atoms with Crippen LogP contribution in [0.2, 0.25) is 0 Å². The van der Waals surface area contributed by atoms with E-state index in [1.54, 1.807) is 23.1 Å². The van der Waals surface area contributed by atoms with E-state index in [4.69, 9.17) is 0 Å². The molecule has 5 nitrogen and oxygen atoms in total. The lowest BCUT2D eigenvalue weighted by molar-refractivity contribution is -0.141. The van der Waals surface area contributed by atoms with Gasteiger partial charge in [-0.2, -0.15) is 0 Å². The fourth-order valence-electron chi connectivity index (χ4n) is 3.86. The van der Waals surface area contributed by atoms with Crippen LogP contribution in [0.3, 0.4) is 0 Å². The molecule has 1 N–H and O–H groups in total. The average molecular weight is 347 g/mol. The van der Waals surface area contributed by atoms with Gasteiger partial charge in [0, 0.05) is 32.1 Å². The number of carbonyl (C=O) groups excluding carboxylic acids is 2. The number of anilines is 1. The number of amides is 3. The van der Waals surface area contributed by atoms with Crippen LogP contribution in [0.15, 0.2) is 24.3 Å². The van der Waals surface area contributed by atoms with E-state index in [-0.39, 0.29) is 29.1 Å². The summed E-state index contributed by atoms with van der Waals surface area (Å²) in [6.45, 7) is 6.16. The molecular weight excluding hydrogens is 321 g/mol. The summed E-state index contributed by atoms with van der Waals surface area (Å²) in [5.41, 5.74) is 0.328. The number of nitrogens with zero attached hydrogens (tertiary/aromatic N) is 2. The second-order valence-corrected chi connectivity index (χ2v) is 7.51. The summed E-state index contributed by atoms with van der Waals surface area (Å²) in [6.07, 6.45) is 3.26. The van der Waals surface area contributed by atoms with Gasteiger partial charge in [-0.15, -0.1) is 0 Å². The Balaban J connectivity index is 1.59. The molecule has 0 atom stereocenters. The third-order valence-electron chi connectivity index (χ3n) is 5.55. The van der Waals surface area contributed by atoms with Crippen molar-refractivity contribution in [2.45, 2.75) is 45.6 Å². The Hall–Kier alpha value is -2.11. The first kappa shape index (κ1) is 17.7. The maximum absolute atomic E-state index is 13.7. The van der Waals surface area contributed by atoms with Crippen LogP contribution in [-0.2, 0) is 4.79 Å². The number of benzene rings is 1. The number of hydrogen-bond acceptors (Lipinski definition) is 2. The third-order valence-corrected chi connectivity index (χ3v) is 5.55. The zero-order valence-corrected chi connectivity index (χ0v) is 14.9. The Bertz CT molecular complexity index is 654. The monoisotopic (exact) mass is 347 g/mol. The van der Waals surface area contributed by atoms with Gasteiger partial charge in [-0.25, -0.2) is 9.18 Å². The maximum Gasteiger partial charge on any atom is 0.321 e. The Morgan fingerprint density at radius 2 is 1.88 bits per heavy atom. The number of rotatable bonds is 2. The summed E-state index contributed by atoms with van der Waals surface area (Å²) in [7, 11) is 0. The second kappa shape index (κ2) is 7.02. The number of likely N-dealkylation sites (tertiary alicyclic amines) is 2. The molecule has 1 aromatic carbocycles. The molecule has 2 saturated heterocycles. The molecule has 3 rings (SSSR count). The maximum atomic E-state index is 13.7. The molecule has 1 aromatic rings. The number of carbonyl (C=O) groups is 2. The van der Waals surface area contributed by atoms with Crippen molar-refractivity contribution < 1.29 is 14.0 Å². The second-order valence-electron chi connectivity index (χ2n) is 7.51. The Morgan fingerprint density at radius 3 is 2.52 bits per heavy atom. The van der Waals surface area contributed by atoms with E-state index in [0.29, 0.717) is 19.5 Å². The van der Waals surface area contributed by atoms with Gasteiger partial charge >= 0.3 is 6.03 Å². The molecule has 0 radical (unpaired) electrons. The van der Waals surface area contributed by atoms with Gasteiger partial charge in [0.05, 0.1) is 5.69 Å². The summed E-state index contributed by atoms with van der Waals surface area (Å²) in [4.78, 5) is 28.2. The van der Waals surface area contributed by atoms with Gasteiger partial charge in [-0.1, -0.05) is 12.1 Å². The summed E-state index contributed by atoms with van der Waals surface area (Å²) >= 11 is 0. The number of nitrogens with one attached hydrogen (secondary N) is 1.